The van der Waals surface area contributed by atoms with Gasteiger partial charge in [0.15, 0.2) is 0 Å². The van der Waals surface area contributed by atoms with Crippen LogP contribution in [-0.2, 0) is 11.3 Å². The van der Waals surface area contributed by atoms with E-state index < -0.39 is 0 Å². The predicted octanol–water partition coefficient (Wildman–Crippen LogP) is 3.07. The van der Waals surface area contributed by atoms with Crippen LogP contribution in [0, 0.1) is 5.92 Å². The van der Waals surface area contributed by atoms with E-state index >= 15 is 0 Å². The molecule has 0 bridgehead atoms. The molecule has 2 heteroatoms. The van der Waals surface area contributed by atoms with Crippen molar-refractivity contribution < 1.29 is 4.79 Å². The van der Waals surface area contributed by atoms with Crippen molar-refractivity contribution in [2.75, 3.05) is 0 Å². The molecule has 1 aliphatic carbocycles. The molecule has 1 aromatic rings. The van der Waals surface area contributed by atoms with E-state index in [9.17, 15) is 4.79 Å². The molecule has 3 unspecified atom stereocenters. The number of Topliss-reactive ketones (excluding diaryl/α,β-unsaturated/α-hetero) is 1. The lowest BCUT2D eigenvalue weighted by Crippen LogP contribution is -2.49. The van der Waals surface area contributed by atoms with Crippen LogP contribution in [0.3, 0.4) is 0 Å². The highest BCUT2D eigenvalue weighted by molar-refractivity contribution is 5.83. The van der Waals surface area contributed by atoms with Gasteiger partial charge in [-0.1, -0.05) is 37.1 Å². The molecular formula is C16H19NO. The zero-order chi connectivity index (χ0) is 12.1. The minimum atomic E-state index is 0.337. The number of rotatable bonds is 0. The lowest BCUT2D eigenvalue weighted by Gasteiger charge is -2.44. The van der Waals surface area contributed by atoms with Crippen molar-refractivity contribution in [3.8, 4) is 0 Å². The summed E-state index contributed by atoms with van der Waals surface area (Å²) in [5.41, 5.74) is 2.86. The van der Waals surface area contributed by atoms with Crippen LogP contribution in [0.15, 0.2) is 24.3 Å². The molecule has 1 saturated carbocycles. The summed E-state index contributed by atoms with van der Waals surface area (Å²) in [6.07, 6.45) is 5.65. The third kappa shape index (κ3) is 1.42. The third-order valence-electron chi connectivity index (χ3n) is 5.13. The minimum absolute atomic E-state index is 0.337. The number of piperidine rings is 1. The van der Waals surface area contributed by atoms with Crippen LogP contribution in [-0.4, -0.2) is 16.7 Å². The monoisotopic (exact) mass is 241 g/mol. The summed E-state index contributed by atoms with van der Waals surface area (Å²) in [4.78, 5) is 15.0. The molecule has 2 heterocycles. The van der Waals surface area contributed by atoms with E-state index in [0.717, 1.165) is 19.4 Å². The van der Waals surface area contributed by atoms with Crippen molar-refractivity contribution in [1.29, 1.82) is 0 Å². The summed E-state index contributed by atoms with van der Waals surface area (Å²) < 4.78 is 0. The van der Waals surface area contributed by atoms with Gasteiger partial charge < -0.3 is 0 Å². The van der Waals surface area contributed by atoms with Crippen molar-refractivity contribution in [1.82, 2.24) is 4.90 Å². The van der Waals surface area contributed by atoms with Gasteiger partial charge >= 0.3 is 0 Å². The zero-order valence-electron chi connectivity index (χ0n) is 10.6. The molecule has 1 aromatic carbocycles. The quantitative estimate of drug-likeness (QED) is 0.695. The summed E-state index contributed by atoms with van der Waals surface area (Å²) in [7, 11) is 0. The first-order valence-electron chi connectivity index (χ1n) is 7.21. The third-order valence-corrected chi connectivity index (χ3v) is 5.13. The molecule has 0 N–H and O–H groups in total. The summed E-state index contributed by atoms with van der Waals surface area (Å²) in [6.45, 7) is 1.06. The largest absolute Gasteiger partial charge is 0.299 e. The van der Waals surface area contributed by atoms with Gasteiger partial charge in [0.25, 0.3) is 0 Å². The van der Waals surface area contributed by atoms with Crippen molar-refractivity contribution in [2.45, 2.75) is 50.7 Å². The average molecular weight is 241 g/mol. The number of ketones is 1. The normalized spacial score (nSPS) is 34.9. The van der Waals surface area contributed by atoms with Crippen LogP contribution < -0.4 is 0 Å². The summed E-state index contributed by atoms with van der Waals surface area (Å²) >= 11 is 0. The van der Waals surface area contributed by atoms with Gasteiger partial charge in [0.05, 0.1) is 0 Å². The Hall–Kier alpha value is -1.15. The first-order chi connectivity index (χ1) is 8.84. The van der Waals surface area contributed by atoms with E-state index in [4.69, 9.17) is 0 Å². The second kappa shape index (κ2) is 3.92. The summed E-state index contributed by atoms with van der Waals surface area (Å²) in [5.74, 6) is 0.863. The van der Waals surface area contributed by atoms with E-state index in [1.165, 1.54) is 30.4 Å². The number of benzene rings is 1. The van der Waals surface area contributed by atoms with Gasteiger partial charge in [-0.2, -0.15) is 0 Å². The highest BCUT2D eigenvalue weighted by atomic mass is 16.1. The predicted molar refractivity (Wildman–Crippen MR) is 70.1 cm³/mol. The number of hydrogen-bond acceptors (Lipinski definition) is 2. The lowest BCUT2D eigenvalue weighted by atomic mass is 9.75. The molecule has 3 atom stereocenters. The standard InChI is InChI=1S/C16H19NO/c18-16-9-15-12-6-2-1-5-11(12)10-17(15)14-8-4-3-7-13(14)16/h1-2,5-6,13-15H,3-4,7-10H2. The summed E-state index contributed by atoms with van der Waals surface area (Å²) in [5, 5.41) is 0. The molecule has 4 rings (SSSR count). The second-order valence-corrected chi connectivity index (χ2v) is 6.02. The average Bonchev–Trinajstić information content (AvgIpc) is 2.78. The van der Waals surface area contributed by atoms with E-state index in [2.05, 4.69) is 29.2 Å². The van der Waals surface area contributed by atoms with Crippen molar-refractivity contribution in [3.63, 3.8) is 0 Å². The Morgan fingerprint density at radius 3 is 2.89 bits per heavy atom. The maximum Gasteiger partial charge on any atom is 0.139 e. The van der Waals surface area contributed by atoms with Crippen molar-refractivity contribution in [3.05, 3.63) is 35.4 Å². The van der Waals surface area contributed by atoms with E-state index in [-0.39, 0.29) is 0 Å². The summed E-state index contributed by atoms with van der Waals surface area (Å²) in [6, 6.07) is 9.59. The Balaban J connectivity index is 1.73. The smallest absolute Gasteiger partial charge is 0.139 e. The van der Waals surface area contributed by atoms with Gasteiger partial charge in [-0.15, -0.1) is 0 Å². The fourth-order valence-corrected chi connectivity index (χ4v) is 4.29. The van der Waals surface area contributed by atoms with Crippen LogP contribution in [0.5, 0.6) is 0 Å². The Labute approximate surface area is 108 Å². The fraction of sp³-hybridized carbons (Fsp3) is 0.562. The zero-order valence-corrected chi connectivity index (χ0v) is 10.6. The first kappa shape index (κ1) is 10.7. The Kier molecular flexibility index (Phi) is 2.34. The second-order valence-electron chi connectivity index (χ2n) is 6.02. The van der Waals surface area contributed by atoms with Crippen LogP contribution in [0.25, 0.3) is 0 Å². The van der Waals surface area contributed by atoms with Crippen LogP contribution >= 0.6 is 0 Å². The van der Waals surface area contributed by atoms with E-state index in [0.29, 0.717) is 23.8 Å². The van der Waals surface area contributed by atoms with E-state index in [1.807, 2.05) is 0 Å². The molecule has 0 spiro atoms. The molecular weight excluding hydrogens is 222 g/mol. The molecule has 1 saturated heterocycles. The van der Waals surface area contributed by atoms with Gasteiger partial charge in [-0.25, -0.2) is 0 Å². The fourth-order valence-electron chi connectivity index (χ4n) is 4.29. The van der Waals surface area contributed by atoms with E-state index in [1.54, 1.807) is 0 Å². The van der Waals surface area contributed by atoms with Gasteiger partial charge in [-0.05, 0) is 24.0 Å². The van der Waals surface area contributed by atoms with Crippen molar-refractivity contribution in [2.24, 2.45) is 5.92 Å². The van der Waals surface area contributed by atoms with Gasteiger partial charge in [-0.3, -0.25) is 9.69 Å². The highest BCUT2D eigenvalue weighted by Crippen LogP contribution is 2.46. The number of nitrogens with zero attached hydrogens (tertiary/aromatic N) is 1. The minimum Gasteiger partial charge on any atom is -0.299 e. The molecule has 0 amide bonds. The maximum atomic E-state index is 12.4. The number of carbonyl (C=O) groups is 1. The Morgan fingerprint density at radius 2 is 1.94 bits per heavy atom. The lowest BCUT2D eigenvalue weighted by molar-refractivity contribution is -0.133. The van der Waals surface area contributed by atoms with Gasteiger partial charge in [0.1, 0.15) is 5.78 Å². The Morgan fingerprint density at radius 1 is 1.11 bits per heavy atom. The number of fused-ring (bicyclic) bond motifs is 5. The molecule has 2 fully saturated rings. The van der Waals surface area contributed by atoms with Gasteiger partial charge in [0, 0.05) is 31.0 Å². The SMILES string of the molecule is O=C1CC2c3ccccc3CN2C2CCCCC12. The molecule has 2 nitrogen and oxygen atoms in total. The molecule has 18 heavy (non-hydrogen) atoms. The highest BCUT2D eigenvalue weighted by Gasteiger charge is 2.46. The van der Waals surface area contributed by atoms with Gasteiger partial charge in [0.2, 0.25) is 0 Å². The number of carbonyl (C=O) groups excluding carboxylic acids is 1. The molecule has 2 aliphatic heterocycles. The van der Waals surface area contributed by atoms with Crippen LogP contribution in [0.2, 0.25) is 0 Å². The van der Waals surface area contributed by atoms with Crippen LogP contribution in [0.4, 0.5) is 0 Å². The first-order valence-corrected chi connectivity index (χ1v) is 7.21. The molecule has 94 valence electrons. The molecule has 3 aliphatic rings. The van der Waals surface area contributed by atoms with Crippen molar-refractivity contribution >= 4 is 5.78 Å². The topological polar surface area (TPSA) is 20.3 Å². The molecule has 0 aromatic heterocycles. The van der Waals surface area contributed by atoms with Crippen LogP contribution in [0.1, 0.15) is 49.3 Å². The Bertz CT molecular complexity index is 496. The molecule has 0 radical (unpaired) electrons. The maximum absolute atomic E-state index is 12.4. The number of hydrogen-bond donors (Lipinski definition) is 0.